The van der Waals surface area contributed by atoms with Crippen LogP contribution in [0.3, 0.4) is 0 Å². The lowest BCUT2D eigenvalue weighted by Gasteiger charge is -2.30. The zero-order valence-corrected chi connectivity index (χ0v) is 14.0. The monoisotopic (exact) mass is 324 g/mol. The van der Waals surface area contributed by atoms with Crippen molar-refractivity contribution in [1.29, 1.82) is 0 Å². The summed E-state index contributed by atoms with van der Waals surface area (Å²) in [7, 11) is 0. The van der Waals surface area contributed by atoms with Crippen molar-refractivity contribution >= 4 is 34.2 Å². The number of alkyl halides is 1. The molecule has 0 aliphatic heterocycles. The average molecular weight is 325 g/mol. The number of para-hydroxylation sites is 1. The van der Waals surface area contributed by atoms with Crippen LogP contribution < -0.4 is 0 Å². The van der Waals surface area contributed by atoms with Crippen LogP contribution in [-0.4, -0.2) is 15.4 Å². The van der Waals surface area contributed by atoms with Crippen molar-refractivity contribution in [2.45, 2.75) is 51.5 Å². The van der Waals surface area contributed by atoms with E-state index in [-0.39, 0.29) is 0 Å². The number of benzene rings is 1. The minimum atomic E-state index is 0.438. The number of nitrogens with zero attached hydrogens (tertiary/aromatic N) is 2. The van der Waals surface area contributed by atoms with E-state index in [1.807, 2.05) is 18.2 Å². The molecule has 1 atom stereocenters. The van der Waals surface area contributed by atoms with E-state index >= 15 is 0 Å². The maximum atomic E-state index is 6.46. The average Bonchev–Trinajstić information content (AvgIpc) is 2.87. The molecule has 1 saturated carbocycles. The van der Waals surface area contributed by atoms with Crippen LogP contribution in [-0.2, 0) is 6.42 Å². The lowest BCUT2D eigenvalue weighted by Crippen LogP contribution is -2.21. The Labute approximate surface area is 136 Å². The molecule has 0 spiro atoms. The summed E-state index contributed by atoms with van der Waals surface area (Å²) in [5.41, 5.74) is 2.07. The molecule has 1 aliphatic rings. The van der Waals surface area contributed by atoms with Gasteiger partial charge < -0.3 is 4.57 Å². The van der Waals surface area contributed by atoms with Crippen LogP contribution in [0.1, 0.15) is 50.9 Å². The van der Waals surface area contributed by atoms with Gasteiger partial charge in [-0.3, -0.25) is 0 Å². The molecule has 0 amide bonds. The molecule has 0 bridgehead atoms. The molecule has 1 heterocycles. The normalized spacial score (nSPS) is 18.2. The Bertz CT molecular complexity index is 615. The highest BCUT2D eigenvalue weighted by atomic mass is 35.5. The fourth-order valence-electron chi connectivity index (χ4n) is 3.68. The predicted molar refractivity (Wildman–Crippen MR) is 90.5 cm³/mol. The number of hydrogen-bond acceptors (Lipinski definition) is 1. The van der Waals surface area contributed by atoms with Crippen LogP contribution in [0.25, 0.3) is 11.0 Å². The van der Waals surface area contributed by atoms with Crippen LogP contribution in [0, 0.1) is 5.92 Å². The van der Waals surface area contributed by atoms with Crippen molar-refractivity contribution in [2.24, 2.45) is 5.92 Å². The summed E-state index contributed by atoms with van der Waals surface area (Å²) in [6.45, 7) is 2.32. The molecule has 2 nitrogen and oxygen atoms in total. The maximum Gasteiger partial charge on any atom is 0.111 e. The van der Waals surface area contributed by atoms with Gasteiger partial charge in [-0.05, 0) is 37.8 Å². The molecule has 0 N–H and O–H groups in total. The standard InChI is InChI=1S/C17H22Cl2N2/c1-12(13-6-3-2-4-7-13)21-16(10-11-18)20-15-9-5-8-14(19)17(15)21/h5,8-9,12-13H,2-4,6-7,10-11H2,1H3. The third-order valence-electron chi connectivity index (χ3n) is 4.79. The van der Waals surface area contributed by atoms with Crippen LogP contribution in [0.4, 0.5) is 0 Å². The molecule has 0 saturated heterocycles. The Morgan fingerprint density at radius 3 is 2.76 bits per heavy atom. The first kappa shape index (κ1) is 15.2. The van der Waals surface area contributed by atoms with Gasteiger partial charge in [0.1, 0.15) is 5.82 Å². The molecule has 114 valence electrons. The number of hydrogen-bond donors (Lipinski definition) is 0. The third kappa shape index (κ3) is 2.93. The van der Waals surface area contributed by atoms with E-state index in [4.69, 9.17) is 28.2 Å². The van der Waals surface area contributed by atoms with Crippen LogP contribution in [0.5, 0.6) is 0 Å². The van der Waals surface area contributed by atoms with E-state index in [1.165, 1.54) is 32.1 Å². The fraction of sp³-hybridized carbons (Fsp3) is 0.588. The van der Waals surface area contributed by atoms with Gasteiger partial charge in [-0.15, -0.1) is 11.6 Å². The number of rotatable bonds is 4. The Morgan fingerprint density at radius 2 is 2.05 bits per heavy atom. The molecule has 1 aromatic carbocycles. The molecule has 4 heteroatoms. The fourth-order valence-corrected chi connectivity index (χ4v) is 4.11. The van der Waals surface area contributed by atoms with Gasteiger partial charge in [0.2, 0.25) is 0 Å². The Balaban J connectivity index is 2.07. The molecule has 2 aromatic rings. The number of fused-ring (bicyclic) bond motifs is 1. The van der Waals surface area contributed by atoms with E-state index in [1.54, 1.807) is 0 Å². The van der Waals surface area contributed by atoms with Gasteiger partial charge in [0.25, 0.3) is 0 Å². The first-order valence-corrected chi connectivity index (χ1v) is 8.85. The first-order chi connectivity index (χ1) is 10.2. The van der Waals surface area contributed by atoms with E-state index in [2.05, 4.69) is 11.5 Å². The van der Waals surface area contributed by atoms with Crippen molar-refractivity contribution in [3.05, 3.63) is 29.0 Å². The summed E-state index contributed by atoms with van der Waals surface area (Å²) in [5.74, 6) is 2.39. The molecular weight excluding hydrogens is 303 g/mol. The van der Waals surface area contributed by atoms with Crippen molar-refractivity contribution in [3.63, 3.8) is 0 Å². The highest BCUT2D eigenvalue weighted by molar-refractivity contribution is 6.35. The number of halogens is 2. The second-order valence-corrected chi connectivity index (χ2v) is 6.87. The summed E-state index contributed by atoms with van der Waals surface area (Å²) in [6.07, 6.45) is 7.49. The van der Waals surface area contributed by atoms with Gasteiger partial charge in [-0.1, -0.05) is 36.9 Å². The van der Waals surface area contributed by atoms with Gasteiger partial charge in [-0.2, -0.15) is 0 Å². The molecule has 1 aromatic heterocycles. The summed E-state index contributed by atoms with van der Waals surface area (Å²) in [4.78, 5) is 4.77. The number of aromatic nitrogens is 2. The zero-order chi connectivity index (χ0) is 14.8. The molecule has 0 radical (unpaired) electrons. The second kappa shape index (κ2) is 6.58. The number of aryl methyl sites for hydroxylation is 1. The van der Waals surface area contributed by atoms with Gasteiger partial charge in [0.15, 0.2) is 0 Å². The SMILES string of the molecule is CC(C1CCCCC1)n1c(CCCl)nc2cccc(Cl)c21. The predicted octanol–water partition coefficient (Wildman–Crippen LogP) is 5.61. The zero-order valence-electron chi connectivity index (χ0n) is 12.5. The van der Waals surface area contributed by atoms with Gasteiger partial charge in [0, 0.05) is 18.3 Å². The Hall–Kier alpha value is -0.730. The largest absolute Gasteiger partial charge is 0.324 e. The van der Waals surface area contributed by atoms with E-state index < -0.39 is 0 Å². The van der Waals surface area contributed by atoms with E-state index in [9.17, 15) is 0 Å². The molecule has 3 rings (SSSR count). The van der Waals surface area contributed by atoms with Crippen LogP contribution in [0.15, 0.2) is 18.2 Å². The van der Waals surface area contributed by atoms with Crippen molar-refractivity contribution in [1.82, 2.24) is 9.55 Å². The van der Waals surface area contributed by atoms with Crippen molar-refractivity contribution in [2.75, 3.05) is 5.88 Å². The van der Waals surface area contributed by atoms with Crippen molar-refractivity contribution in [3.8, 4) is 0 Å². The summed E-state index contributed by atoms with van der Waals surface area (Å²) in [5, 5.41) is 0.795. The van der Waals surface area contributed by atoms with Gasteiger partial charge in [0.05, 0.1) is 16.1 Å². The van der Waals surface area contributed by atoms with Gasteiger partial charge >= 0.3 is 0 Å². The highest BCUT2D eigenvalue weighted by Crippen LogP contribution is 2.37. The summed E-state index contributed by atoms with van der Waals surface area (Å²) >= 11 is 12.4. The molecular formula is C17H22Cl2N2. The molecule has 21 heavy (non-hydrogen) atoms. The first-order valence-electron chi connectivity index (χ1n) is 7.93. The van der Waals surface area contributed by atoms with Crippen LogP contribution in [0.2, 0.25) is 5.02 Å². The molecule has 1 unspecified atom stereocenters. The Morgan fingerprint density at radius 1 is 1.29 bits per heavy atom. The quantitative estimate of drug-likeness (QED) is 0.668. The smallest absolute Gasteiger partial charge is 0.111 e. The lowest BCUT2D eigenvalue weighted by molar-refractivity contribution is 0.264. The molecule has 1 aliphatic carbocycles. The highest BCUT2D eigenvalue weighted by Gasteiger charge is 2.25. The summed E-state index contributed by atoms with van der Waals surface area (Å²) < 4.78 is 2.36. The van der Waals surface area contributed by atoms with Gasteiger partial charge in [-0.25, -0.2) is 4.98 Å². The summed E-state index contributed by atoms with van der Waals surface area (Å²) in [6, 6.07) is 6.41. The van der Waals surface area contributed by atoms with Crippen LogP contribution >= 0.6 is 23.2 Å². The lowest BCUT2D eigenvalue weighted by atomic mass is 9.84. The van der Waals surface area contributed by atoms with E-state index in [0.29, 0.717) is 11.9 Å². The maximum absolute atomic E-state index is 6.46. The minimum absolute atomic E-state index is 0.438. The third-order valence-corrected chi connectivity index (χ3v) is 5.29. The second-order valence-electron chi connectivity index (χ2n) is 6.08. The molecule has 1 fully saturated rings. The topological polar surface area (TPSA) is 17.8 Å². The van der Waals surface area contributed by atoms with E-state index in [0.717, 1.165) is 34.2 Å². The minimum Gasteiger partial charge on any atom is -0.324 e. The van der Waals surface area contributed by atoms with Crippen molar-refractivity contribution < 1.29 is 0 Å². The Kier molecular flexibility index (Phi) is 4.75. The number of imidazole rings is 1.